The van der Waals surface area contributed by atoms with E-state index in [0.717, 1.165) is 12.8 Å². The van der Waals surface area contributed by atoms with Crippen LogP contribution in [0.1, 0.15) is 26.7 Å². The van der Waals surface area contributed by atoms with Gasteiger partial charge in [-0.1, -0.05) is 6.92 Å². The lowest BCUT2D eigenvalue weighted by Gasteiger charge is -2.08. The Hall–Kier alpha value is -0.0800. The molecule has 0 aromatic carbocycles. The summed E-state index contributed by atoms with van der Waals surface area (Å²) >= 11 is 0. The maximum atomic E-state index is 8.37. The molecule has 56 valence electrons. The largest absolute Gasteiger partial charge is 0.396 e. The van der Waals surface area contributed by atoms with Crippen molar-refractivity contribution < 1.29 is 9.84 Å². The van der Waals surface area contributed by atoms with Crippen molar-refractivity contribution >= 4 is 0 Å². The molecule has 0 heterocycles. The van der Waals surface area contributed by atoms with Crippen molar-refractivity contribution in [1.82, 2.24) is 0 Å². The maximum Gasteiger partial charge on any atom is 0.0544 e. The molecule has 0 aromatic heterocycles. The van der Waals surface area contributed by atoms with E-state index in [9.17, 15) is 0 Å². The van der Waals surface area contributed by atoms with E-state index < -0.39 is 0 Å². The molecule has 2 heteroatoms. The van der Waals surface area contributed by atoms with Gasteiger partial charge in [-0.15, -0.1) is 0 Å². The van der Waals surface area contributed by atoms with Crippen LogP contribution in [0.3, 0.4) is 0 Å². The molecule has 1 unspecified atom stereocenters. The Morgan fingerprint density at radius 1 is 1.56 bits per heavy atom. The van der Waals surface area contributed by atoms with E-state index >= 15 is 0 Å². The molecule has 1 atom stereocenters. The van der Waals surface area contributed by atoms with Crippen LogP contribution in [-0.4, -0.2) is 24.4 Å². The van der Waals surface area contributed by atoms with Crippen molar-refractivity contribution in [3.63, 3.8) is 0 Å². The molecule has 0 bridgehead atoms. The van der Waals surface area contributed by atoms with E-state index in [4.69, 9.17) is 9.84 Å². The summed E-state index contributed by atoms with van der Waals surface area (Å²) in [4.78, 5) is 0. The van der Waals surface area contributed by atoms with Crippen molar-refractivity contribution in [3.05, 3.63) is 0 Å². The zero-order valence-corrected chi connectivity index (χ0v) is 6.26. The van der Waals surface area contributed by atoms with Gasteiger partial charge in [-0.3, -0.25) is 0 Å². The van der Waals surface area contributed by atoms with Gasteiger partial charge in [0.15, 0.2) is 0 Å². The van der Waals surface area contributed by atoms with Crippen LogP contribution in [0.15, 0.2) is 0 Å². The first kappa shape index (κ1) is 8.92. The minimum atomic E-state index is 0.233. The summed E-state index contributed by atoms with van der Waals surface area (Å²) in [6, 6.07) is 0. The highest BCUT2D eigenvalue weighted by Gasteiger charge is 1.95. The number of aliphatic hydroxyl groups is 1. The number of aliphatic hydroxyl groups excluding tert-OH is 1. The Balaban J connectivity index is 2.88. The Labute approximate surface area is 56.8 Å². The second-order valence-corrected chi connectivity index (χ2v) is 2.17. The molecule has 0 aliphatic heterocycles. The van der Waals surface area contributed by atoms with Crippen molar-refractivity contribution in [2.24, 2.45) is 0 Å². The fourth-order valence-corrected chi connectivity index (χ4v) is 0.467. The second-order valence-electron chi connectivity index (χ2n) is 2.17. The fraction of sp³-hybridized carbons (Fsp3) is 1.00. The van der Waals surface area contributed by atoms with Crippen LogP contribution in [0.5, 0.6) is 0 Å². The minimum absolute atomic E-state index is 0.233. The lowest BCUT2D eigenvalue weighted by atomic mass is 10.3. The highest BCUT2D eigenvalue weighted by molar-refractivity contribution is 4.43. The van der Waals surface area contributed by atoms with Crippen LogP contribution in [0, 0.1) is 0 Å². The number of ether oxygens (including phenoxy) is 1. The Bertz CT molecular complexity index is 54.9. The van der Waals surface area contributed by atoms with Gasteiger partial charge in [0.25, 0.3) is 0 Å². The van der Waals surface area contributed by atoms with Gasteiger partial charge < -0.3 is 9.84 Å². The maximum absolute atomic E-state index is 8.37. The summed E-state index contributed by atoms with van der Waals surface area (Å²) in [5.41, 5.74) is 0. The predicted molar refractivity (Wildman–Crippen MR) is 37.4 cm³/mol. The molecule has 0 rings (SSSR count). The Kier molecular flexibility index (Phi) is 5.99. The van der Waals surface area contributed by atoms with E-state index in [0.29, 0.717) is 12.7 Å². The van der Waals surface area contributed by atoms with Gasteiger partial charge in [0.2, 0.25) is 0 Å². The van der Waals surface area contributed by atoms with Gasteiger partial charge >= 0.3 is 0 Å². The third kappa shape index (κ3) is 5.80. The lowest BCUT2D eigenvalue weighted by molar-refractivity contribution is 0.0537. The van der Waals surface area contributed by atoms with Crippen LogP contribution in [-0.2, 0) is 4.74 Å². The molecule has 0 saturated heterocycles. The summed E-state index contributed by atoms with van der Waals surface area (Å²) in [6.07, 6.45) is 2.15. The van der Waals surface area contributed by atoms with Crippen LogP contribution in [0.2, 0.25) is 0 Å². The summed E-state index contributed by atoms with van der Waals surface area (Å²) in [7, 11) is 0. The van der Waals surface area contributed by atoms with Gasteiger partial charge in [0.05, 0.1) is 6.10 Å². The van der Waals surface area contributed by atoms with Gasteiger partial charge in [0, 0.05) is 13.2 Å². The Morgan fingerprint density at radius 3 is 2.67 bits per heavy atom. The highest BCUT2D eigenvalue weighted by Crippen LogP contribution is 1.95. The van der Waals surface area contributed by atoms with E-state index in [1.54, 1.807) is 0 Å². The number of hydrogen-bond acceptors (Lipinski definition) is 2. The second kappa shape index (κ2) is 6.05. The van der Waals surface area contributed by atoms with Gasteiger partial charge in [-0.05, 0) is 19.8 Å². The Morgan fingerprint density at radius 2 is 2.22 bits per heavy atom. The van der Waals surface area contributed by atoms with Gasteiger partial charge in [-0.25, -0.2) is 0 Å². The molecule has 0 radical (unpaired) electrons. The normalized spacial score (nSPS) is 13.7. The molecule has 0 spiro atoms. The van der Waals surface area contributed by atoms with E-state index in [2.05, 4.69) is 6.92 Å². The summed E-state index contributed by atoms with van der Waals surface area (Å²) in [5.74, 6) is 0. The minimum Gasteiger partial charge on any atom is -0.396 e. The van der Waals surface area contributed by atoms with Crippen molar-refractivity contribution in [1.29, 1.82) is 0 Å². The number of rotatable bonds is 5. The first-order chi connectivity index (χ1) is 4.31. The highest BCUT2D eigenvalue weighted by atomic mass is 16.5. The molecule has 9 heavy (non-hydrogen) atoms. The molecular weight excluding hydrogens is 116 g/mol. The standard InChI is InChI=1S/C7H16O2/c1-3-7(2)9-6-4-5-8/h7-8H,3-6H2,1-2H3. The molecule has 2 nitrogen and oxygen atoms in total. The quantitative estimate of drug-likeness (QED) is 0.569. The molecule has 0 aromatic rings. The average Bonchev–Trinajstić information content (AvgIpc) is 1.89. The smallest absolute Gasteiger partial charge is 0.0544 e. The molecule has 0 fully saturated rings. The van der Waals surface area contributed by atoms with Gasteiger partial charge in [0.1, 0.15) is 0 Å². The topological polar surface area (TPSA) is 29.5 Å². The molecular formula is C7H16O2. The van der Waals surface area contributed by atoms with Crippen molar-refractivity contribution in [2.45, 2.75) is 32.8 Å². The third-order valence-electron chi connectivity index (χ3n) is 1.28. The average molecular weight is 132 g/mol. The SMILES string of the molecule is CCC(C)OCCCO. The van der Waals surface area contributed by atoms with Crippen LogP contribution >= 0.6 is 0 Å². The van der Waals surface area contributed by atoms with Crippen molar-refractivity contribution in [2.75, 3.05) is 13.2 Å². The molecule has 0 saturated carbocycles. The number of hydrogen-bond donors (Lipinski definition) is 1. The zero-order valence-electron chi connectivity index (χ0n) is 6.26. The summed E-state index contributed by atoms with van der Waals surface area (Å²) in [6.45, 7) is 5.04. The fourth-order valence-electron chi connectivity index (χ4n) is 0.467. The summed E-state index contributed by atoms with van der Waals surface area (Å²) < 4.78 is 5.27. The van der Waals surface area contributed by atoms with E-state index in [1.165, 1.54) is 0 Å². The van der Waals surface area contributed by atoms with Crippen LogP contribution in [0.4, 0.5) is 0 Å². The zero-order chi connectivity index (χ0) is 7.11. The first-order valence-electron chi connectivity index (χ1n) is 3.53. The molecule has 0 aliphatic carbocycles. The predicted octanol–water partition coefficient (Wildman–Crippen LogP) is 1.18. The van der Waals surface area contributed by atoms with Crippen LogP contribution < -0.4 is 0 Å². The monoisotopic (exact) mass is 132 g/mol. The van der Waals surface area contributed by atoms with Crippen molar-refractivity contribution in [3.8, 4) is 0 Å². The molecule has 0 aliphatic rings. The first-order valence-corrected chi connectivity index (χ1v) is 3.53. The van der Waals surface area contributed by atoms with Crippen LogP contribution in [0.25, 0.3) is 0 Å². The summed E-state index contributed by atoms with van der Waals surface area (Å²) in [5, 5.41) is 8.37. The third-order valence-corrected chi connectivity index (χ3v) is 1.28. The molecule has 0 amide bonds. The van der Waals surface area contributed by atoms with Gasteiger partial charge in [-0.2, -0.15) is 0 Å². The lowest BCUT2D eigenvalue weighted by Crippen LogP contribution is -2.08. The molecule has 1 N–H and O–H groups in total. The van der Waals surface area contributed by atoms with E-state index in [-0.39, 0.29) is 6.61 Å². The van der Waals surface area contributed by atoms with E-state index in [1.807, 2.05) is 6.92 Å².